The molecule has 1 aromatic carbocycles. The zero-order valence-electron chi connectivity index (χ0n) is 17.9. The molecule has 2 unspecified atom stereocenters. The Morgan fingerprint density at radius 1 is 1.04 bits per heavy atom. The molecule has 0 saturated heterocycles. The van der Waals surface area contributed by atoms with E-state index in [9.17, 15) is 0 Å². The molecule has 0 spiro atoms. The van der Waals surface area contributed by atoms with E-state index in [1.807, 2.05) is 0 Å². The van der Waals surface area contributed by atoms with Crippen molar-refractivity contribution in [3.63, 3.8) is 0 Å². The van der Waals surface area contributed by atoms with Crippen molar-refractivity contribution in [3.05, 3.63) is 90.3 Å². The Kier molecular flexibility index (Phi) is 6.44. The van der Waals surface area contributed by atoms with Gasteiger partial charge < -0.3 is 4.57 Å². The van der Waals surface area contributed by atoms with Gasteiger partial charge in [0.2, 0.25) is 0 Å². The molecule has 28 heavy (non-hydrogen) atoms. The van der Waals surface area contributed by atoms with Gasteiger partial charge in [0.05, 0.1) is 0 Å². The van der Waals surface area contributed by atoms with Crippen molar-refractivity contribution in [2.24, 2.45) is 11.8 Å². The van der Waals surface area contributed by atoms with Crippen molar-refractivity contribution < 1.29 is 0 Å². The number of nitrogens with zero attached hydrogens (tertiary/aromatic N) is 1. The van der Waals surface area contributed by atoms with Gasteiger partial charge in [0.15, 0.2) is 0 Å². The van der Waals surface area contributed by atoms with Crippen LogP contribution in [0.2, 0.25) is 0 Å². The second-order valence-electron chi connectivity index (χ2n) is 8.66. The minimum absolute atomic E-state index is 0.466. The van der Waals surface area contributed by atoms with E-state index in [0.29, 0.717) is 17.8 Å². The maximum Gasteiger partial charge on any atom is 0.0482 e. The standard InChI is InChI=1S/C27H35N/c1-7-20(4)17-24(19(2)3)18-21(5)25-15-16-28-26(13-14-27(25)28)22(6)23-11-9-8-10-12-23/h8-14,19,24-25H,4-7,15-18H2,1-3H3. The number of aromatic nitrogens is 1. The molecule has 0 saturated carbocycles. The molecule has 1 nitrogen and oxygen atoms in total. The summed E-state index contributed by atoms with van der Waals surface area (Å²) in [6, 6.07) is 15.0. The summed E-state index contributed by atoms with van der Waals surface area (Å²) in [4.78, 5) is 0. The van der Waals surface area contributed by atoms with Crippen LogP contribution in [0.3, 0.4) is 0 Å². The first-order chi connectivity index (χ1) is 13.4. The highest BCUT2D eigenvalue weighted by Gasteiger charge is 2.29. The van der Waals surface area contributed by atoms with Crippen molar-refractivity contribution in [3.8, 4) is 0 Å². The Labute approximate surface area is 171 Å². The van der Waals surface area contributed by atoms with E-state index in [1.165, 1.54) is 28.1 Å². The quantitative estimate of drug-likeness (QED) is 0.399. The largest absolute Gasteiger partial charge is 0.344 e. The van der Waals surface area contributed by atoms with E-state index < -0.39 is 0 Å². The average molecular weight is 374 g/mol. The van der Waals surface area contributed by atoms with Gasteiger partial charge in [0.25, 0.3) is 0 Å². The van der Waals surface area contributed by atoms with Crippen molar-refractivity contribution in [2.45, 2.75) is 58.9 Å². The number of hydrogen-bond donors (Lipinski definition) is 0. The van der Waals surface area contributed by atoms with E-state index >= 15 is 0 Å². The maximum absolute atomic E-state index is 4.54. The van der Waals surface area contributed by atoms with Crippen LogP contribution in [0.4, 0.5) is 0 Å². The first kappa shape index (κ1) is 20.5. The molecule has 0 fully saturated rings. The number of allylic oxidation sites excluding steroid dienone is 2. The second kappa shape index (κ2) is 8.82. The highest BCUT2D eigenvalue weighted by atomic mass is 15.0. The van der Waals surface area contributed by atoms with Gasteiger partial charge in [-0.15, -0.1) is 0 Å². The minimum Gasteiger partial charge on any atom is -0.344 e. The number of fused-ring (bicyclic) bond motifs is 1. The highest BCUT2D eigenvalue weighted by molar-refractivity contribution is 5.77. The lowest BCUT2D eigenvalue weighted by atomic mass is 9.80. The fourth-order valence-corrected chi connectivity index (χ4v) is 4.44. The fourth-order valence-electron chi connectivity index (χ4n) is 4.44. The molecule has 2 atom stereocenters. The summed E-state index contributed by atoms with van der Waals surface area (Å²) in [7, 11) is 0. The summed E-state index contributed by atoms with van der Waals surface area (Å²) in [5, 5.41) is 0. The van der Waals surface area contributed by atoms with Gasteiger partial charge in [0, 0.05) is 23.9 Å². The number of benzene rings is 1. The SMILES string of the molecule is C=C(CC)CC(CC(=C)C1CCn2c(C(=C)c3ccccc3)ccc21)C(C)C. The van der Waals surface area contributed by atoms with Crippen LogP contribution < -0.4 is 0 Å². The third-order valence-electron chi connectivity index (χ3n) is 6.46. The van der Waals surface area contributed by atoms with Crippen molar-refractivity contribution in [2.75, 3.05) is 0 Å². The smallest absolute Gasteiger partial charge is 0.0482 e. The molecule has 0 amide bonds. The van der Waals surface area contributed by atoms with Crippen molar-refractivity contribution in [1.29, 1.82) is 0 Å². The lowest BCUT2D eigenvalue weighted by Gasteiger charge is -2.25. The van der Waals surface area contributed by atoms with Crippen LogP contribution in [-0.2, 0) is 6.54 Å². The average Bonchev–Trinajstić information content (AvgIpc) is 3.29. The molecule has 1 aromatic heterocycles. The van der Waals surface area contributed by atoms with Crippen LogP contribution in [0.1, 0.15) is 69.3 Å². The van der Waals surface area contributed by atoms with Crippen LogP contribution >= 0.6 is 0 Å². The zero-order chi connectivity index (χ0) is 20.3. The molecule has 2 aromatic rings. The Hall–Kier alpha value is -2.28. The van der Waals surface area contributed by atoms with Crippen LogP contribution in [0.25, 0.3) is 5.57 Å². The monoisotopic (exact) mass is 373 g/mol. The number of hydrogen-bond acceptors (Lipinski definition) is 0. The molecule has 2 heterocycles. The van der Waals surface area contributed by atoms with E-state index in [4.69, 9.17) is 0 Å². The van der Waals surface area contributed by atoms with Gasteiger partial charge in [-0.05, 0) is 60.8 Å². The van der Waals surface area contributed by atoms with Gasteiger partial charge in [-0.25, -0.2) is 0 Å². The zero-order valence-corrected chi connectivity index (χ0v) is 17.9. The minimum atomic E-state index is 0.466. The van der Waals surface area contributed by atoms with Crippen LogP contribution in [0, 0.1) is 11.8 Å². The maximum atomic E-state index is 4.54. The summed E-state index contributed by atoms with van der Waals surface area (Å²) >= 11 is 0. The van der Waals surface area contributed by atoms with Crippen LogP contribution in [0.15, 0.2) is 73.3 Å². The van der Waals surface area contributed by atoms with Gasteiger partial charge in [-0.3, -0.25) is 0 Å². The molecule has 0 radical (unpaired) electrons. The summed E-state index contributed by atoms with van der Waals surface area (Å²) in [5.41, 5.74) is 7.71. The summed E-state index contributed by atoms with van der Waals surface area (Å²) in [6.07, 6.45) is 4.45. The first-order valence-electron chi connectivity index (χ1n) is 10.7. The lowest BCUT2D eigenvalue weighted by Crippen LogP contribution is -2.13. The topological polar surface area (TPSA) is 4.93 Å². The molecule has 1 heteroatoms. The molecule has 1 aliphatic heterocycles. The highest BCUT2D eigenvalue weighted by Crippen LogP contribution is 2.41. The number of rotatable bonds is 9. The van der Waals surface area contributed by atoms with Crippen molar-refractivity contribution >= 4 is 5.57 Å². The predicted molar refractivity (Wildman–Crippen MR) is 123 cm³/mol. The van der Waals surface area contributed by atoms with Gasteiger partial charge >= 0.3 is 0 Å². The molecule has 3 rings (SSSR count). The molecular weight excluding hydrogens is 338 g/mol. The summed E-state index contributed by atoms with van der Waals surface area (Å²) in [6.45, 7) is 21.1. The molecule has 1 aliphatic rings. The van der Waals surface area contributed by atoms with E-state index in [0.717, 1.165) is 37.8 Å². The van der Waals surface area contributed by atoms with E-state index in [1.54, 1.807) is 0 Å². The normalized spacial score (nSPS) is 16.8. The first-order valence-corrected chi connectivity index (χ1v) is 10.7. The van der Waals surface area contributed by atoms with Gasteiger partial charge in [-0.2, -0.15) is 0 Å². The lowest BCUT2D eigenvalue weighted by molar-refractivity contribution is 0.369. The molecule has 148 valence electrons. The molecular formula is C27H35N. The molecule has 0 aliphatic carbocycles. The molecule has 0 bridgehead atoms. The van der Waals surface area contributed by atoms with Crippen molar-refractivity contribution in [1.82, 2.24) is 4.57 Å². The second-order valence-corrected chi connectivity index (χ2v) is 8.66. The van der Waals surface area contributed by atoms with Crippen LogP contribution in [0.5, 0.6) is 0 Å². The van der Waals surface area contributed by atoms with E-state index in [-0.39, 0.29) is 0 Å². The Balaban J connectivity index is 1.76. The van der Waals surface area contributed by atoms with E-state index in [2.05, 4.69) is 87.5 Å². The Morgan fingerprint density at radius 3 is 2.39 bits per heavy atom. The Morgan fingerprint density at radius 2 is 1.75 bits per heavy atom. The third kappa shape index (κ3) is 4.24. The summed E-state index contributed by atoms with van der Waals surface area (Å²) in [5.74, 6) is 1.76. The van der Waals surface area contributed by atoms with Gasteiger partial charge in [0.1, 0.15) is 0 Å². The summed E-state index contributed by atoms with van der Waals surface area (Å²) < 4.78 is 2.46. The Bertz CT molecular complexity index is 850. The van der Waals surface area contributed by atoms with Gasteiger partial charge in [-0.1, -0.05) is 82.0 Å². The fraction of sp³-hybridized carbons (Fsp3) is 0.407. The third-order valence-corrected chi connectivity index (χ3v) is 6.46. The molecule has 0 N–H and O–H groups in total. The predicted octanol–water partition coefficient (Wildman–Crippen LogP) is 7.61. The van der Waals surface area contributed by atoms with Crippen LogP contribution in [-0.4, -0.2) is 4.57 Å².